The van der Waals surface area contributed by atoms with Crippen molar-refractivity contribution in [2.45, 2.75) is 37.4 Å². The molecule has 4 heteroatoms. The maximum Gasteiger partial charge on any atom is 0.268 e. The van der Waals surface area contributed by atoms with Gasteiger partial charge >= 0.3 is 0 Å². The number of fused-ring (bicyclic) bond motifs is 5. The van der Waals surface area contributed by atoms with Crippen LogP contribution in [0.5, 0.6) is 0 Å². The summed E-state index contributed by atoms with van der Waals surface area (Å²) >= 11 is 0. The summed E-state index contributed by atoms with van der Waals surface area (Å²) in [5.74, 6) is 2.28. The zero-order valence-electron chi connectivity index (χ0n) is 8.09. The second-order valence-electron chi connectivity index (χ2n) is 5.21. The standard InChI is InChI=1S/C10H16O3S/c11-14(12,13)10-5-6-4-9(10)8-3-1-2-7(6)8/h6-10H,1-5H2,(H,11,12,13). The Kier molecular flexibility index (Phi) is 1.78. The first-order valence-corrected chi connectivity index (χ1v) is 7.04. The molecule has 0 aliphatic heterocycles. The van der Waals surface area contributed by atoms with Crippen LogP contribution < -0.4 is 0 Å². The Morgan fingerprint density at radius 2 is 1.71 bits per heavy atom. The van der Waals surface area contributed by atoms with Crippen molar-refractivity contribution in [2.24, 2.45) is 23.7 Å². The van der Waals surface area contributed by atoms with E-state index in [2.05, 4.69) is 0 Å². The van der Waals surface area contributed by atoms with Gasteiger partial charge in [-0.15, -0.1) is 0 Å². The second kappa shape index (κ2) is 2.73. The largest absolute Gasteiger partial charge is 0.285 e. The zero-order valence-corrected chi connectivity index (χ0v) is 8.91. The number of hydrogen-bond acceptors (Lipinski definition) is 2. The minimum atomic E-state index is -3.77. The quantitative estimate of drug-likeness (QED) is 0.679. The lowest BCUT2D eigenvalue weighted by Crippen LogP contribution is -2.33. The molecule has 3 aliphatic carbocycles. The highest BCUT2D eigenvalue weighted by Crippen LogP contribution is 2.59. The molecular weight excluding hydrogens is 200 g/mol. The summed E-state index contributed by atoms with van der Waals surface area (Å²) in [6, 6.07) is 0. The lowest BCUT2D eigenvalue weighted by Gasteiger charge is -2.29. The summed E-state index contributed by atoms with van der Waals surface area (Å²) in [6.45, 7) is 0. The van der Waals surface area contributed by atoms with Gasteiger partial charge in [-0.05, 0) is 49.4 Å². The molecule has 2 bridgehead atoms. The van der Waals surface area contributed by atoms with Crippen LogP contribution in [0.1, 0.15) is 32.1 Å². The molecule has 0 amide bonds. The van der Waals surface area contributed by atoms with Gasteiger partial charge in [0.15, 0.2) is 0 Å². The molecule has 0 aromatic carbocycles. The molecule has 0 spiro atoms. The molecule has 3 rings (SSSR count). The van der Waals surface area contributed by atoms with Crippen molar-refractivity contribution in [3.05, 3.63) is 0 Å². The lowest BCUT2D eigenvalue weighted by molar-refractivity contribution is 0.254. The molecule has 0 saturated heterocycles. The van der Waals surface area contributed by atoms with E-state index in [1.165, 1.54) is 19.3 Å². The first-order valence-electron chi connectivity index (χ1n) is 5.53. The highest BCUT2D eigenvalue weighted by molar-refractivity contribution is 7.86. The normalized spacial score (nSPS) is 51.1. The molecule has 0 aromatic rings. The van der Waals surface area contributed by atoms with Crippen molar-refractivity contribution in [3.8, 4) is 0 Å². The van der Waals surface area contributed by atoms with Gasteiger partial charge in [-0.2, -0.15) is 8.42 Å². The van der Waals surface area contributed by atoms with Crippen molar-refractivity contribution in [3.63, 3.8) is 0 Å². The third kappa shape index (κ3) is 1.10. The fourth-order valence-corrected chi connectivity index (χ4v) is 5.59. The van der Waals surface area contributed by atoms with Crippen LogP contribution in [0.25, 0.3) is 0 Å². The smallest absolute Gasteiger partial charge is 0.268 e. The van der Waals surface area contributed by atoms with Gasteiger partial charge in [0.1, 0.15) is 0 Å². The van der Waals surface area contributed by atoms with Crippen molar-refractivity contribution >= 4 is 10.1 Å². The van der Waals surface area contributed by atoms with Crippen LogP contribution in [-0.2, 0) is 10.1 Å². The van der Waals surface area contributed by atoms with Crippen LogP contribution >= 0.6 is 0 Å². The summed E-state index contributed by atoms with van der Waals surface area (Å²) < 4.78 is 31.5. The van der Waals surface area contributed by atoms with Gasteiger partial charge in [0, 0.05) is 0 Å². The van der Waals surface area contributed by atoms with Crippen LogP contribution in [0, 0.1) is 23.7 Å². The average molecular weight is 216 g/mol. The summed E-state index contributed by atoms with van der Waals surface area (Å²) in [7, 11) is -3.77. The Hall–Kier alpha value is -0.0900. The van der Waals surface area contributed by atoms with Crippen molar-refractivity contribution in [2.75, 3.05) is 0 Å². The monoisotopic (exact) mass is 216 g/mol. The van der Waals surface area contributed by atoms with Crippen molar-refractivity contribution in [1.29, 1.82) is 0 Å². The van der Waals surface area contributed by atoms with E-state index in [0.29, 0.717) is 11.8 Å². The third-order valence-corrected chi connectivity index (χ3v) is 6.06. The summed E-state index contributed by atoms with van der Waals surface area (Å²) in [5.41, 5.74) is 0. The topological polar surface area (TPSA) is 54.4 Å². The van der Waals surface area contributed by atoms with Gasteiger partial charge in [-0.1, -0.05) is 6.42 Å². The number of hydrogen-bond donors (Lipinski definition) is 1. The van der Waals surface area contributed by atoms with E-state index in [-0.39, 0.29) is 5.92 Å². The van der Waals surface area contributed by atoms with E-state index >= 15 is 0 Å². The first kappa shape index (κ1) is 9.16. The fraction of sp³-hybridized carbons (Fsp3) is 1.00. The predicted octanol–water partition coefficient (Wildman–Crippen LogP) is 1.70. The Bertz CT molecular complexity index is 348. The SMILES string of the molecule is O=S(=O)(O)C1CC2CC1C1CCCC21. The van der Waals surface area contributed by atoms with Gasteiger partial charge in [0.05, 0.1) is 5.25 Å². The molecule has 3 fully saturated rings. The van der Waals surface area contributed by atoms with Crippen molar-refractivity contribution in [1.82, 2.24) is 0 Å². The second-order valence-corrected chi connectivity index (χ2v) is 6.84. The predicted molar refractivity (Wildman–Crippen MR) is 52.4 cm³/mol. The fourth-order valence-electron chi connectivity index (χ4n) is 4.35. The van der Waals surface area contributed by atoms with Crippen molar-refractivity contribution < 1.29 is 13.0 Å². The Morgan fingerprint density at radius 1 is 1.00 bits per heavy atom. The van der Waals surface area contributed by atoms with Gasteiger partial charge in [0.25, 0.3) is 10.1 Å². The van der Waals surface area contributed by atoms with Gasteiger partial charge < -0.3 is 0 Å². The molecule has 80 valence electrons. The van der Waals surface area contributed by atoms with Crippen LogP contribution in [0.3, 0.4) is 0 Å². The van der Waals surface area contributed by atoms with Crippen LogP contribution in [0.2, 0.25) is 0 Å². The minimum Gasteiger partial charge on any atom is -0.285 e. The van der Waals surface area contributed by atoms with Gasteiger partial charge in [-0.25, -0.2) is 0 Å². The molecule has 1 N–H and O–H groups in total. The molecule has 3 aliphatic rings. The molecule has 0 heterocycles. The molecule has 0 aromatic heterocycles. The third-order valence-electron chi connectivity index (χ3n) is 4.75. The average Bonchev–Trinajstić information content (AvgIpc) is 2.74. The Balaban J connectivity index is 1.90. The van der Waals surface area contributed by atoms with E-state index in [9.17, 15) is 8.42 Å². The molecule has 3 saturated carbocycles. The van der Waals surface area contributed by atoms with Crippen LogP contribution in [-0.4, -0.2) is 18.2 Å². The molecular formula is C10H16O3S. The Morgan fingerprint density at radius 3 is 2.43 bits per heavy atom. The summed E-state index contributed by atoms with van der Waals surface area (Å²) in [5, 5.41) is -0.424. The Labute approximate surface area is 84.6 Å². The van der Waals surface area contributed by atoms with E-state index in [1.54, 1.807) is 0 Å². The maximum atomic E-state index is 11.2. The first-order chi connectivity index (χ1) is 6.57. The van der Waals surface area contributed by atoms with Crippen LogP contribution in [0.4, 0.5) is 0 Å². The van der Waals surface area contributed by atoms with Gasteiger partial charge in [0.2, 0.25) is 0 Å². The van der Waals surface area contributed by atoms with E-state index in [0.717, 1.165) is 18.8 Å². The molecule has 5 atom stereocenters. The highest BCUT2D eigenvalue weighted by Gasteiger charge is 2.57. The lowest BCUT2D eigenvalue weighted by atomic mass is 9.81. The molecule has 5 unspecified atom stereocenters. The summed E-state index contributed by atoms with van der Waals surface area (Å²) in [4.78, 5) is 0. The van der Waals surface area contributed by atoms with E-state index in [1.807, 2.05) is 0 Å². The number of rotatable bonds is 1. The molecule has 0 radical (unpaired) electrons. The van der Waals surface area contributed by atoms with E-state index in [4.69, 9.17) is 4.55 Å². The minimum absolute atomic E-state index is 0.280. The van der Waals surface area contributed by atoms with E-state index < -0.39 is 15.4 Å². The highest BCUT2D eigenvalue weighted by atomic mass is 32.2. The summed E-state index contributed by atoms with van der Waals surface area (Å²) in [6.07, 6.45) is 5.53. The van der Waals surface area contributed by atoms with Gasteiger partial charge in [-0.3, -0.25) is 4.55 Å². The molecule has 14 heavy (non-hydrogen) atoms. The zero-order chi connectivity index (χ0) is 9.92. The molecule has 3 nitrogen and oxygen atoms in total. The maximum absolute atomic E-state index is 11.2. The van der Waals surface area contributed by atoms with Crippen LogP contribution in [0.15, 0.2) is 0 Å².